The third kappa shape index (κ3) is 3.41. The van der Waals surface area contributed by atoms with Crippen LogP contribution in [-0.2, 0) is 13.1 Å². The van der Waals surface area contributed by atoms with Gasteiger partial charge in [0.2, 0.25) is 0 Å². The summed E-state index contributed by atoms with van der Waals surface area (Å²) in [6.07, 6.45) is 5.58. The van der Waals surface area contributed by atoms with E-state index in [1.54, 1.807) is 29.2 Å². The van der Waals surface area contributed by atoms with Crippen molar-refractivity contribution in [2.24, 2.45) is 0 Å². The van der Waals surface area contributed by atoms with Crippen LogP contribution in [0.15, 0.2) is 46.1 Å². The third-order valence-electron chi connectivity index (χ3n) is 4.81. The summed E-state index contributed by atoms with van der Waals surface area (Å²) in [6.45, 7) is 4.09. The number of likely N-dealkylation sites (tertiary alicyclic amines) is 1. The molecular formula is C18H20N6O2. The van der Waals surface area contributed by atoms with Crippen LogP contribution in [0.25, 0.3) is 11.3 Å². The predicted molar refractivity (Wildman–Crippen MR) is 94.2 cm³/mol. The first-order chi connectivity index (χ1) is 12.7. The van der Waals surface area contributed by atoms with Gasteiger partial charge in [-0.25, -0.2) is 9.31 Å². The molecule has 4 heterocycles. The van der Waals surface area contributed by atoms with E-state index >= 15 is 0 Å². The molecule has 1 saturated heterocycles. The summed E-state index contributed by atoms with van der Waals surface area (Å²) in [6, 6.07) is 7.35. The molecule has 0 spiro atoms. The Morgan fingerprint density at radius 1 is 1.27 bits per heavy atom. The largest absolute Gasteiger partial charge is 0.293 e. The molecule has 3 aromatic rings. The van der Waals surface area contributed by atoms with Crippen LogP contribution in [0.4, 0.5) is 0 Å². The van der Waals surface area contributed by atoms with Gasteiger partial charge in [-0.3, -0.25) is 14.7 Å². The van der Waals surface area contributed by atoms with Crippen LogP contribution in [0.3, 0.4) is 0 Å². The second-order valence-electron chi connectivity index (χ2n) is 6.54. The number of pyridine rings is 1. The third-order valence-corrected chi connectivity index (χ3v) is 4.81. The van der Waals surface area contributed by atoms with Crippen molar-refractivity contribution in [3.63, 3.8) is 0 Å². The maximum atomic E-state index is 12.3. The fraction of sp³-hybridized carbons (Fsp3) is 0.389. The van der Waals surface area contributed by atoms with Crippen LogP contribution in [-0.4, -0.2) is 42.6 Å². The van der Waals surface area contributed by atoms with Gasteiger partial charge in [-0.2, -0.15) is 5.10 Å². The number of hydrogen-bond acceptors (Lipinski definition) is 7. The number of aromatic nitrogens is 5. The Morgan fingerprint density at radius 2 is 2.19 bits per heavy atom. The van der Waals surface area contributed by atoms with Crippen molar-refractivity contribution in [2.45, 2.75) is 38.9 Å². The number of nitrogens with zero attached hydrogens (tertiary/aromatic N) is 6. The van der Waals surface area contributed by atoms with Gasteiger partial charge >= 0.3 is 0 Å². The van der Waals surface area contributed by atoms with Gasteiger partial charge in [0.25, 0.3) is 5.56 Å². The molecule has 1 aliphatic heterocycles. The summed E-state index contributed by atoms with van der Waals surface area (Å²) >= 11 is 0. The highest BCUT2D eigenvalue weighted by atomic mass is 16.6. The minimum atomic E-state index is -0.0937. The lowest BCUT2D eigenvalue weighted by molar-refractivity contribution is 0.209. The van der Waals surface area contributed by atoms with Crippen molar-refractivity contribution < 1.29 is 4.63 Å². The highest BCUT2D eigenvalue weighted by Crippen LogP contribution is 2.21. The zero-order valence-corrected chi connectivity index (χ0v) is 14.6. The smallest absolute Gasteiger partial charge is 0.266 e. The van der Waals surface area contributed by atoms with Crippen LogP contribution >= 0.6 is 0 Å². The zero-order valence-electron chi connectivity index (χ0n) is 14.6. The molecule has 0 N–H and O–H groups in total. The van der Waals surface area contributed by atoms with Gasteiger partial charge in [-0.05, 0) is 44.5 Å². The van der Waals surface area contributed by atoms with E-state index in [-0.39, 0.29) is 11.6 Å². The summed E-state index contributed by atoms with van der Waals surface area (Å²) in [5, 5.41) is 12.4. The van der Waals surface area contributed by atoms with Crippen molar-refractivity contribution in [3.05, 3.63) is 58.4 Å². The minimum absolute atomic E-state index is 0.0937. The standard InChI is InChI=1S/C18H20N6O2/c1-13-17(22-26-21-13)12-23-9-3-5-15(23)11-24-18(25)7-6-16(20-24)14-4-2-8-19-10-14/h2,4,6-8,10,15H,3,5,9,11-12H2,1H3. The molecule has 1 atom stereocenters. The molecule has 0 bridgehead atoms. The summed E-state index contributed by atoms with van der Waals surface area (Å²) in [5.74, 6) is 0. The SMILES string of the molecule is Cc1nonc1CN1CCCC1Cn1nc(-c2cccnc2)ccc1=O. The number of aryl methyl sites for hydroxylation is 1. The molecular weight excluding hydrogens is 332 g/mol. The molecule has 0 radical (unpaired) electrons. The summed E-state index contributed by atoms with van der Waals surface area (Å²) in [5.41, 5.74) is 3.21. The maximum Gasteiger partial charge on any atom is 0.266 e. The Kier molecular flexibility index (Phi) is 4.57. The van der Waals surface area contributed by atoms with E-state index in [1.807, 2.05) is 19.1 Å². The van der Waals surface area contributed by atoms with E-state index in [1.165, 1.54) is 0 Å². The summed E-state index contributed by atoms with van der Waals surface area (Å²) in [4.78, 5) is 18.7. The molecule has 134 valence electrons. The molecule has 0 amide bonds. The number of hydrogen-bond donors (Lipinski definition) is 0. The average Bonchev–Trinajstić information content (AvgIpc) is 3.27. The maximum absolute atomic E-state index is 12.3. The van der Waals surface area contributed by atoms with Gasteiger partial charge in [0, 0.05) is 36.6 Å². The Bertz CT molecular complexity index is 936. The van der Waals surface area contributed by atoms with Gasteiger partial charge in [0.15, 0.2) is 0 Å². The van der Waals surface area contributed by atoms with Gasteiger partial charge in [0.05, 0.1) is 12.2 Å². The molecule has 1 fully saturated rings. The second kappa shape index (κ2) is 7.17. The first-order valence-electron chi connectivity index (χ1n) is 8.71. The molecule has 26 heavy (non-hydrogen) atoms. The molecule has 1 aliphatic rings. The van der Waals surface area contributed by atoms with Gasteiger partial charge < -0.3 is 0 Å². The van der Waals surface area contributed by atoms with Crippen molar-refractivity contribution in [1.29, 1.82) is 0 Å². The zero-order chi connectivity index (χ0) is 17.9. The van der Waals surface area contributed by atoms with E-state index in [2.05, 4.69) is 25.3 Å². The normalized spacial score (nSPS) is 17.7. The second-order valence-corrected chi connectivity index (χ2v) is 6.54. The van der Waals surface area contributed by atoms with Crippen molar-refractivity contribution in [3.8, 4) is 11.3 Å². The van der Waals surface area contributed by atoms with E-state index in [0.717, 1.165) is 42.0 Å². The highest BCUT2D eigenvalue weighted by molar-refractivity contribution is 5.56. The molecule has 3 aromatic heterocycles. The van der Waals surface area contributed by atoms with E-state index in [9.17, 15) is 4.79 Å². The van der Waals surface area contributed by atoms with Gasteiger partial charge in [0.1, 0.15) is 11.4 Å². The molecule has 0 aromatic carbocycles. The summed E-state index contributed by atoms with van der Waals surface area (Å²) < 4.78 is 6.35. The Balaban J connectivity index is 1.54. The molecule has 1 unspecified atom stereocenters. The quantitative estimate of drug-likeness (QED) is 0.690. The lowest BCUT2D eigenvalue weighted by Gasteiger charge is -2.23. The van der Waals surface area contributed by atoms with Crippen molar-refractivity contribution in [2.75, 3.05) is 6.54 Å². The molecule has 0 saturated carbocycles. The minimum Gasteiger partial charge on any atom is -0.293 e. The van der Waals surface area contributed by atoms with Crippen LogP contribution in [0.2, 0.25) is 0 Å². The predicted octanol–water partition coefficient (Wildman–Crippen LogP) is 1.66. The van der Waals surface area contributed by atoms with E-state index in [4.69, 9.17) is 4.63 Å². The Hall–Kier alpha value is -2.87. The molecule has 0 aliphatic carbocycles. The van der Waals surface area contributed by atoms with Crippen molar-refractivity contribution in [1.82, 2.24) is 30.0 Å². The lowest BCUT2D eigenvalue weighted by Crippen LogP contribution is -2.36. The summed E-state index contributed by atoms with van der Waals surface area (Å²) in [7, 11) is 0. The first-order valence-corrected chi connectivity index (χ1v) is 8.71. The molecule has 8 heteroatoms. The van der Waals surface area contributed by atoms with Crippen LogP contribution < -0.4 is 5.56 Å². The number of rotatable bonds is 5. The van der Waals surface area contributed by atoms with Crippen LogP contribution in [0.5, 0.6) is 0 Å². The topological polar surface area (TPSA) is 89.9 Å². The molecule has 4 rings (SSSR count). The van der Waals surface area contributed by atoms with Crippen molar-refractivity contribution >= 4 is 0 Å². The average molecular weight is 352 g/mol. The fourth-order valence-electron chi connectivity index (χ4n) is 3.34. The Morgan fingerprint density at radius 3 is 2.96 bits per heavy atom. The lowest BCUT2D eigenvalue weighted by atomic mass is 10.2. The van der Waals surface area contributed by atoms with Crippen LogP contribution in [0, 0.1) is 6.92 Å². The monoisotopic (exact) mass is 352 g/mol. The Labute approximate surface area is 150 Å². The first kappa shape index (κ1) is 16.6. The molecule has 8 nitrogen and oxygen atoms in total. The van der Waals surface area contributed by atoms with Gasteiger partial charge in [-0.15, -0.1) is 0 Å². The highest BCUT2D eigenvalue weighted by Gasteiger charge is 2.27. The van der Waals surface area contributed by atoms with Crippen LogP contribution in [0.1, 0.15) is 24.2 Å². The van der Waals surface area contributed by atoms with E-state index in [0.29, 0.717) is 13.1 Å². The van der Waals surface area contributed by atoms with Gasteiger partial charge in [-0.1, -0.05) is 10.3 Å². The van der Waals surface area contributed by atoms with E-state index < -0.39 is 0 Å². The fourth-order valence-corrected chi connectivity index (χ4v) is 3.34.